The molecule has 0 aromatic heterocycles. The molecule has 0 spiro atoms. The molecule has 0 aliphatic heterocycles. The Kier molecular flexibility index (Phi) is 5.96. The van der Waals surface area contributed by atoms with E-state index in [9.17, 15) is 4.79 Å². The third-order valence-corrected chi connectivity index (χ3v) is 5.22. The van der Waals surface area contributed by atoms with Gasteiger partial charge >= 0.3 is 0 Å². The highest BCUT2D eigenvalue weighted by Crippen LogP contribution is 2.41. The van der Waals surface area contributed by atoms with Crippen LogP contribution in [0.3, 0.4) is 0 Å². The summed E-state index contributed by atoms with van der Waals surface area (Å²) in [6.45, 7) is 0.468. The van der Waals surface area contributed by atoms with E-state index in [1.54, 1.807) is 0 Å². The Labute approximate surface area is 156 Å². The zero-order valence-corrected chi connectivity index (χ0v) is 15.7. The van der Waals surface area contributed by atoms with E-state index in [4.69, 9.17) is 16.3 Å². The number of ketones is 1. The third-order valence-electron chi connectivity index (χ3n) is 4.35. The Bertz CT molecular complexity index is 695. The number of carbonyl (C=O) groups is 1. The SMILES string of the molecule is O=C(c1ccc(OCCCl)cc1)C(CC1CC1)c1ccccc1Br. The minimum atomic E-state index is -0.0947. The highest BCUT2D eigenvalue weighted by Gasteiger charge is 2.31. The molecule has 126 valence electrons. The monoisotopic (exact) mass is 406 g/mol. The zero-order chi connectivity index (χ0) is 16.9. The van der Waals surface area contributed by atoms with Crippen LogP contribution in [0.1, 0.15) is 41.1 Å². The Morgan fingerprint density at radius 1 is 1.17 bits per heavy atom. The average molecular weight is 408 g/mol. The van der Waals surface area contributed by atoms with Crippen LogP contribution in [0, 0.1) is 5.92 Å². The number of halogens is 2. The minimum Gasteiger partial charge on any atom is -0.492 e. The maximum Gasteiger partial charge on any atom is 0.170 e. The van der Waals surface area contributed by atoms with Gasteiger partial charge in [0.15, 0.2) is 5.78 Å². The number of hydrogen-bond acceptors (Lipinski definition) is 2. The van der Waals surface area contributed by atoms with Gasteiger partial charge in [0.05, 0.1) is 5.88 Å². The lowest BCUT2D eigenvalue weighted by molar-refractivity contribution is 0.0952. The summed E-state index contributed by atoms with van der Waals surface area (Å²) in [7, 11) is 0. The number of ether oxygens (including phenoxy) is 1. The molecule has 2 nitrogen and oxygen atoms in total. The molecule has 1 saturated carbocycles. The van der Waals surface area contributed by atoms with Gasteiger partial charge in [-0.05, 0) is 48.2 Å². The van der Waals surface area contributed by atoms with Crippen LogP contribution in [0.5, 0.6) is 5.75 Å². The van der Waals surface area contributed by atoms with Crippen molar-refractivity contribution in [3.05, 3.63) is 64.1 Å². The summed E-state index contributed by atoms with van der Waals surface area (Å²) in [5, 5.41) is 0. The molecular weight excluding hydrogens is 388 g/mol. The average Bonchev–Trinajstić information content (AvgIpc) is 3.43. The fourth-order valence-electron chi connectivity index (χ4n) is 2.89. The number of benzene rings is 2. The minimum absolute atomic E-state index is 0.0947. The summed E-state index contributed by atoms with van der Waals surface area (Å²) in [5.74, 6) is 1.95. The Morgan fingerprint density at radius 2 is 1.88 bits per heavy atom. The van der Waals surface area contributed by atoms with Crippen molar-refractivity contribution < 1.29 is 9.53 Å². The second-order valence-corrected chi connectivity index (χ2v) is 7.41. The number of rotatable bonds is 8. The first kappa shape index (κ1) is 17.5. The van der Waals surface area contributed by atoms with E-state index in [1.165, 1.54) is 12.8 Å². The number of carbonyl (C=O) groups excluding carboxylic acids is 1. The summed E-state index contributed by atoms with van der Waals surface area (Å²) >= 11 is 9.23. The van der Waals surface area contributed by atoms with E-state index in [-0.39, 0.29) is 11.7 Å². The van der Waals surface area contributed by atoms with Gasteiger partial charge in [0, 0.05) is 16.0 Å². The van der Waals surface area contributed by atoms with Gasteiger partial charge in [-0.25, -0.2) is 0 Å². The van der Waals surface area contributed by atoms with Crippen LogP contribution in [0.4, 0.5) is 0 Å². The van der Waals surface area contributed by atoms with Crippen LogP contribution >= 0.6 is 27.5 Å². The molecule has 1 atom stereocenters. The van der Waals surface area contributed by atoms with Crippen molar-refractivity contribution in [1.29, 1.82) is 0 Å². The molecule has 0 saturated heterocycles. The van der Waals surface area contributed by atoms with E-state index >= 15 is 0 Å². The predicted octanol–water partition coefficient (Wildman–Crippen LogP) is 5.83. The molecule has 3 rings (SSSR count). The summed E-state index contributed by atoms with van der Waals surface area (Å²) in [4.78, 5) is 13.1. The summed E-state index contributed by atoms with van der Waals surface area (Å²) in [5.41, 5.74) is 1.81. The largest absolute Gasteiger partial charge is 0.492 e. The molecular formula is C20H20BrClO2. The van der Waals surface area contributed by atoms with Crippen LogP contribution in [0.15, 0.2) is 53.0 Å². The van der Waals surface area contributed by atoms with Gasteiger partial charge in [-0.1, -0.05) is 47.0 Å². The lowest BCUT2D eigenvalue weighted by Crippen LogP contribution is -2.14. The smallest absolute Gasteiger partial charge is 0.170 e. The van der Waals surface area contributed by atoms with Crippen LogP contribution < -0.4 is 4.74 Å². The van der Waals surface area contributed by atoms with E-state index < -0.39 is 0 Å². The Morgan fingerprint density at radius 3 is 2.50 bits per heavy atom. The molecule has 2 aromatic rings. The van der Waals surface area contributed by atoms with Crippen molar-refractivity contribution in [1.82, 2.24) is 0 Å². The molecule has 0 heterocycles. The van der Waals surface area contributed by atoms with Crippen molar-refractivity contribution in [2.24, 2.45) is 5.92 Å². The zero-order valence-electron chi connectivity index (χ0n) is 13.4. The maximum absolute atomic E-state index is 13.1. The molecule has 1 aliphatic carbocycles. The molecule has 0 amide bonds. The van der Waals surface area contributed by atoms with Gasteiger partial charge in [-0.3, -0.25) is 4.79 Å². The molecule has 1 fully saturated rings. The normalized spacial score (nSPS) is 15.1. The third kappa shape index (κ3) is 4.40. The van der Waals surface area contributed by atoms with Gasteiger partial charge < -0.3 is 4.74 Å². The van der Waals surface area contributed by atoms with E-state index in [1.807, 2.05) is 48.5 Å². The first-order valence-corrected chi connectivity index (χ1v) is 9.59. The second kappa shape index (κ2) is 8.17. The highest BCUT2D eigenvalue weighted by atomic mass is 79.9. The van der Waals surface area contributed by atoms with Gasteiger partial charge in [0.1, 0.15) is 12.4 Å². The molecule has 2 aromatic carbocycles. The predicted molar refractivity (Wildman–Crippen MR) is 101 cm³/mol. The molecule has 4 heteroatoms. The van der Waals surface area contributed by atoms with Crippen molar-refractivity contribution in [3.63, 3.8) is 0 Å². The van der Waals surface area contributed by atoms with Crippen molar-refractivity contribution >= 4 is 33.3 Å². The summed E-state index contributed by atoms with van der Waals surface area (Å²) < 4.78 is 6.48. The second-order valence-electron chi connectivity index (χ2n) is 6.18. The maximum atomic E-state index is 13.1. The summed E-state index contributed by atoms with van der Waals surface area (Å²) in [6, 6.07) is 15.4. The lowest BCUT2D eigenvalue weighted by Gasteiger charge is -2.18. The quantitative estimate of drug-likeness (QED) is 0.406. The van der Waals surface area contributed by atoms with Crippen molar-refractivity contribution in [2.45, 2.75) is 25.2 Å². The van der Waals surface area contributed by atoms with Crippen molar-refractivity contribution in [2.75, 3.05) is 12.5 Å². The first-order valence-electron chi connectivity index (χ1n) is 8.26. The molecule has 24 heavy (non-hydrogen) atoms. The molecule has 1 aliphatic rings. The number of alkyl halides is 1. The van der Waals surface area contributed by atoms with E-state index in [0.717, 1.165) is 27.8 Å². The van der Waals surface area contributed by atoms with Gasteiger partial charge in [0.2, 0.25) is 0 Å². The standard InChI is InChI=1S/C20H20BrClO2/c21-19-4-2-1-3-17(19)18(13-14-5-6-14)20(23)15-7-9-16(10-8-15)24-12-11-22/h1-4,7-10,14,18H,5-6,11-13H2. The van der Waals surface area contributed by atoms with Crippen molar-refractivity contribution in [3.8, 4) is 5.75 Å². The fraction of sp³-hybridized carbons (Fsp3) is 0.350. The lowest BCUT2D eigenvalue weighted by atomic mass is 9.86. The molecule has 0 bridgehead atoms. The van der Waals surface area contributed by atoms with Crippen LogP contribution in [0.25, 0.3) is 0 Å². The summed E-state index contributed by atoms with van der Waals surface area (Å²) in [6.07, 6.45) is 3.39. The van der Waals surface area contributed by atoms with E-state index in [0.29, 0.717) is 18.4 Å². The Balaban J connectivity index is 1.81. The molecule has 0 N–H and O–H groups in total. The topological polar surface area (TPSA) is 26.3 Å². The fourth-order valence-corrected chi connectivity index (χ4v) is 3.53. The Hall–Kier alpha value is -1.32. The van der Waals surface area contributed by atoms with Crippen LogP contribution in [-0.4, -0.2) is 18.3 Å². The molecule has 1 unspecified atom stereocenters. The highest BCUT2D eigenvalue weighted by molar-refractivity contribution is 9.10. The number of hydrogen-bond donors (Lipinski definition) is 0. The van der Waals surface area contributed by atoms with Gasteiger partial charge in [-0.15, -0.1) is 11.6 Å². The van der Waals surface area contributed by atoms with Gasteiger partial charge in [-0.2, -0.15) is 0 Å². The number of Topliss-reactive ketones (excluding diaryl/α,β-unsaturated/α-hetero) is 1. The van der Waals surface area contributed by atoms with Crippen LogP contribution in [0.2, 0.25) is 0 Å². The van der Waals surface area contributed by atoms with E-state index in [2.05, 4.69) is 15.9 Å². The van der Waals surface area contributed by atoms with Gasteiger partial charge in [0.25, 0.3) is 0 Å². The molecule has 0 radical (unpaired) electrons. The first-order chi connectivity index (χ1) is 11.7. The van der Waals surface area contributed by atoms with Crippen LogP contribution in [-0.2, 0) is 0 Å².